The van der Waals surface area contributed by atoms with E-state index >= 15 is 0 Å². The molecule has 2 heterocycles. The highest BCUT2D eigenvalue weighted by Crippen LogP contribution is 2.24. The number of ether oxygens (including phenoxy) is 1. The zero-order valence-corrected chi connectivity index (χ0v) is 13.0. The van der Waals surface area contributed by atoms with Gasteiger partial charge in [0.1, 0.15) is 6.10 Å². The van der Waals surface area contributed by atoms with Gasteiger partial charge in [0.2, 0.25) is 10.0 Å². The van der Waals surface area contributed by atoms with Gasteiger partial charge in [-0.25, -0.2) is 18.4 Å². The summed E-state index contributed by atoms with van der Waals surface area (Å²) in [4.78, 5) is 8.82. The van der Waals surface area contributed by atoms with Crippen LogP contribution in [0.5, 0.6) is 0 Å². The van der Waals surface area contributed by atoms with Crippen molar-refractivity contribution in [1.82, 2.24) is 14.3 Å². The number of sulfonamides is 1. The molecule has 0 bridgehead atoms. The monoisotopic (exact) mass is 319 g/mol. The second-order valence-electron chi connectivity index (χ2n) is 5.09. The van der Waals surface area contributed by atoms with E-state index in [1.807, 2.05) is 6.92 Å². The molecule has 1 aromatic heterocycles. The van der Waals surface area contributed by atoms with E-state index in [1.165, 1.54) is 4.31 Å². The summed E-state index contributed by atoms with van der Waals surface area (Å²) in [5.41, 5.74) is 0.830. The van der Waals surface area contributed by atoms with Gasteiger partial charge in [-0.2, -0.15) is 4.31 Å². The van der Waals surface area contributed by atoms with Crippen LogP contribution in [0, 0.1) is 6.92 Å². The van der Waals surface area contributed by atoms with Gasteiger partial charge in [-0.3, -0.25) is 0 Å². The molecule has 1 aromatic carbocycles. The lowest BCUT2D eigenvalue weighted by Crippen LogP contribution is -2.42. The Balaban J connectivity index is 1.84. The maximum atomic E-state index is 12.7. The predicted molar refractivity (Wildman–Crippen MR) is 80.7 cm³/mol. The van der Waals surface area contributed by atoms with Crippen molar-refractivity contribution in [1.29, 1.82) is 0 Å². The van der Waals surface area contributed by atoms with Gasteiger partial charge in [0.05, 0.1) is 11.5 Å². The standard InChI is InChI=1S/C15H17N3O3S/c1-12-7-8-16-15(17-12)14-11-18(9-10-21-14)22(19,20)13-5-3-2-4-6-13/h2-8,14H,9-11H2,1H3/t14-/m0/s1. The van der Waals surface area contributed by atoms with Gasteiger partial charge in [0, 0.05) is 25.0 Å². The largest absolute Gasteiger partial charge is 0.367 e. The van der Waals surface area contributed by atoms with Gasteiger partial charge in [-0.1, -0.05) is 18.2 Å². The fourth-order valence-electron chi connectivity index (χ4n) is 2.37. The Morgan fingerprint density at radius 1 is 1.23 bits per heavy atom. The maximum Gasteiger partial charge on any atom is 0.243 e. The number of nitrogens with zero attached hydrogens (tertiary/aromatic N) is 3. The van der Waals surface area contributed by atoms with Crippen molar-refractivity contribution in [2.75, 3.05) is 19.7 Å². The number of benzene rings is 1. The number of morpholine rings is 1. The molecule has 1 fully saturated rings. The van der Waals surface area contributed by atoms with Gasteiger partial charge in [-0.05, 0) is 25.1 Å². The molecule has 0 unspecified atom stereocenters. The van der Waals surface area contributed by atoms with Crippen LogP contribution in [0.3, 0.4) is 0 Å². The molecule has 1 saturated heterocycles. The van der Waals surface area contributed by atoms with E-state index in [0.717, 1.165) is 5.69 Å². The second kappa shape index (κ2) is 6.12. The van der Waals surface area contributed by atoms with Crippen molar-refractivity contribution in [3.8, 4) is 0 Å². The molecule has 6 nitrogen and oxygen atoms in total. The number of aromatic nitrogens is 2. The first-order valence-electron chi connectivity index (χ1n) is 7.04. The van der Waals surface area contributed by atoms with E-state index < -0.39 is 16.1 Å². The highest BCUT2D eigenvalue weighted by molar-refractivity contribution is 7.89. The summed E-state index contributed by atoms with van der Waals surface area (Å²) in [7, 11) is -3.52. The molecule has 2 aromatic rings. The van der Waals surface area contributed by atoms with E-state index in [1.54, 1.807) is 42.6 Å². The van der Waals surface area contributed by atoms with Crippen molar-refractivity contribution in [3.63, 3.8) is 0 Å². The smallest absolute Gasteiger partial charge is 0.243 e. The van der Waals surface area contributed by atoms with Crippen LogP contribution in [0.4, 0.5) is 0 Å². The van der Waals surface area contributed by atoms with Crippen LogP contribution in [-0.4, -0.2) is 42.4 Å². The molecule has 0 N–H and O–H groups in total. The number of hydrogen-bond donors (Lipinski definition) is 0. The van der Waals surface area contributed by atoms with Crippen LogP contribution >= 0.6 is 0 Å². The third-order valence-corrected chi connectivity index (χ3v) is 5.39. The summed E-state index contributed by atoms with van der Waals surface area (Å²) in [5, 5.41) is 0. The van der Waals surface area contributed by atoms with Gasteiger partial charge >= 0.3 is 0 Å². The van der Waals surface area contributed by atoms with Gasteiger partial charge in [-0.15, -0.1) is 0 Å². The van der Waals surface area contributed by atoms with Crippen molar-refractivity contribution in [2.24, 2.45) is 0 Å². The van der Waals surface area contributed by atoms with Gasteiger partial charge < -0.3 is 4.74 Å². The molecule has 0 spiro atoms. The van der Waals surface area contributed by atoms with Crippen LogP contribution in [0.15, 0.2) is 47.5 Å². The third-order valence-electron chi connectivity index (χ3n) is 3.51. The molecule has 22 heavy (non-hydrogen) atoms. The van der Waals surface area contributed by atoms with Gasteiger partial charge in [0.15, 0.2) is 5.82 Å². The van der Waals surface area contributed by atoms with Crippen molar-refractivity contribution < 1.29 is 13.2 Å². The molecule has 0 radical (unpaired) electrons. The Hall–Kier alpha value is -1.83. The molecule has 1 atom stereocenters. The Labute approximate surface area is 129 Å². The third kappa shape index (κ3) is 3.01. The predicted octanol–water partition coefficient (Wildman–Crippen LogP) is 1.55. The van der Waals surface area contributed by atoms with Gasteiger partial charge in [0.25, 0.3) is 0 Å². The first kappa shape index (κ1) is 15.1. The summed E-state index contributed by atoms with van der Waals surface area (Å²) in [5.74, 6) is 0.521. The van der Waals surface area contributed by atoms with E-state index in [0.29, 0.717) is 23.9 Å². The first-order valence-corrected chi connectivity index (χ1v) is 8.48. The molecule has 0 aliphatic carbocycles. The lowest BCUT2D eigenvalue weighted by atomic mass is 10.3. The van der Waals surface area contributed by atoms with E-state index in [2.05, 4.69) is 9.97 Å². The van der Waals surface area contributed by atoms with Crippen molar-refractivity contribution in [2.45, 2.75) is 17.9 Å². The molecule has 1 aliphatic heterocycles. The molecule has 3 rings (SSSR count). The SMILES string of the molecule is Cc1ccnc([C@@H]2CN(S(=O)(=O)c3ccccc3)CCO2)n1. The Morgan fingerprint density at radius 2 is 2.00 bits per heavy atom. The lowest BCUT2D eigenvalue weighted by molar-refractivity contribution is -0.00761. The number of aryl methyl sites for hydroxylation is 1. The average molecular weight is 319 g/mol. The summed E-state index contributed by atoms with van der Waals surface area (Å²) in [6, 6.07) is 10.2. The fourth-order valence-corrected chi connectivity index (χ4v) is 3.81. The zero-order chi connectivity index (χ0) is 15.6. The van der Waals surface area contributed by atoms with Crippen LogP contribution in [0.2, 0.25) is 0 Å². The minimum atomic E-state index is -3.52. The maximum absolute atomic E-state index is 12.7. The molecule has 116 valence electrons. The summed E-state index contributed by atoms with van der Waals surface area (Å²) >= 11 is 0. The van der Waals surface area contributed by atoms with E-state index in [4.69, 9.17) is 4.74 Å². The Morgan fingerprint density at radius 3 is 2.73 bits per heavy atom. The minimum absolute atomic E-state index is 0.223. The fraction of sp³-hybridized carbons (Fsp3) is 0.333. The molecule has 0 saturated carbocycles. The van der Waals surface area contributed by atoms with E-state index in [9.17, 15) is 8.42 Å². The van der Waals surface area contributed by atoms with Crippen molar-refractivity contribution in [3.05, 3.63) is 54.1 Å². The quantitative estimate of drug-likeness (QED) is 0.858. The lowest BCUT2D eigenvalue weighted by Gasteiger charge is -2.31. The topological polar surface area (TPSA) is 72.4 Å². The Kier molecular flexibility index (Phi) is 4.19. The van der Waals surface area contributed by atoms with Crippen LogP contribution in [-0.2, 0) is 14.8 Å². The first-order chi connectivity index (χ1) is 10.6. The van der Waals surface area contributed by atoms with Crippen LogP contribution in [0.1, 0.15) is 17.6 Å². The molecular formula is C15H17N3O3S. The highest BCUT2D eigenvalue weighted by atomic mass is 32.2. The summed E-state index contributed by atoms with van der Waals surface area (Å²) in [6.07, 6.45) is 1.22. The summed E-state index contributed by atoms with van der Waals surface area (Å²) in [6.45, 7) is 2.75. The number of rotatable bonds is 3. The van der Waals surface area contributed by atoms with Crippen molar-refractivity contribution >= 4 is 10.0 Å². The van der Waals surface area contributed by atoms with Crippen LogP contribution < -0.4 is 0 Å². The normalized spacial score (nSPS) is 20.0. The highest BCUT2D eigenvalue weighted by Gasteiger charge is 2.32. The number of hydrogen-bond acceptors (Lipinski definition) is 5. The molecule has 1 aliphatic rings. The molecule has 7 heteroatoms. The molecular weight excluding hydrogens is 302 g/mol. The summed E-state index contributed by atoms with van der Waals surface area (Å²) < 4.78 is 32.4. The minimum Gasteiger partial charge on any atom is -0.367 e. The van der Waals surface area contributed by atoms with E-state index in [-0.39, 0.29) is 6.54 Å². The second-order valence-corrected chi connectivity index (χ2v) is 7.03. The zero-order valence-electron chi connectivity index (χ0n) is 12.2. The molecule has 0 amide bonds. The van der Waals surface area contributed by atoms with Crippen LogP contribution in [0.25, 0.3) is 0 Å². The average Bonchev–Trinajstić information content (AvgIpc) is 2.56. The Bertz CT molecular complexity index is 750.